The number of rotatable bonds is 5. The molecule has 2 nitrogen and oxygen atoms in total. The van der Waals surface area contributed by atoms with E-state index >= 15 is 0 Å². The van der Waals surface area contributed by atoms with Crippen molar-refractivity contribution in [3.05, 3.63) is 48.0 Å². The molecule has 2 atom stereocenters. The van der Waals surface area contributed by atoms with Crippen molar-refractivity contribution in [2.45, 2.75) is 44.2 Å². The van der Waals surface area contributed by atoms with Gasteiger partial charge >= 0.3 is 0 Å². The highest BCUT2D eigenvalue weighted by molar-refractivity contribution is 5.15. The molecule has 1 aromatic carbocycles. The zero-order valence-corrected chi connectivity index (χ0v) is 12.3. The third kappa shape index (κ3) is 3.94. The summed E-state index contributed by atoms with van der Waals surface area (Å²) in [5, 5.41) is 3.85. The van der Waals surface area contributed by atoms with Crippen molar-refractivity contribution < 1.29 is 0 Å². The first-order valence-electron chi connectivity index (χ1n) is 8.07. The SMILES string of the molecule is C1=CCC(NC2CCN(CCc3ccccc3)C2)CC1. The van der Waals surface area contributed by atoms with Crippen LogP contribution in [-0.4, -0.2) is 36.6 Å². The average molecular weight is 270 g/mol. The van der Waals surface area contributed by atoms with E-state index in [1.807, 2.05) is 0 Å². The van der Waals surface area contributed by atoms with Crippen LogP contribution in [0.1, 0.15) is 31.2 Å². The molecule has 0 saturated carbocycles. The third-order valence-electron chi connectivity index (χ3n) is 4.57. The Bertz CT molecular complexity index is 426. The van der Waals surface area contributed by atoms with Crippen molar-refractivity contribution >= 4 is 0 Å². The second-order valence-corrected chi connectivity index (χ2v) is 6.17. The second kappa shape index (κ2) is 7.05. The lowest BCUT2D eigenvalue weighted by Gasteiger charge is -2.24. The number of nitrogens with zero attached hydrogens (tertiary/aromatic N) is 1. The van der Waals surface area contributed by atoms with E-state index in [4.69, 9.17) is 0 Å². The number of allylic oxidation sites excluding steroid dienone is 1. The molecule has 1 saturated heterocycles. The van der Waals surface area contributed by atoms with Gasteiger partial charge in [-0.25, -0.2) is 0 Å². The lowest BCUT2D eigenvalue weighted by atomic mass is 10.0. The Morgan fingerprint density at radius 2 is 1.95 bits per heavy atom. The maximum Gasteiger partial charge on any atom is 0.0209 e. The molecule has 0 amide bonds. The smallest absolute Gasteiger partial charge is 0.0209 e. The second-order valence-electron chi connectivity index (χ2n) is 6.17. The van der Waals surface area contributed by atoms with Crippen LogP contribution in [0.3, 0.4) is 0 Å². The van der Waals surface area contributed by atoms with E-state index in [-0.39, 0.29) is 0 Å². The highest BCUT2D eigenvalue weighted by atomic mass is 15.2. The number of hydrogen-bond acceptors (Lipinski definition) is 2. The average Bonchev–Trinajstić information content (AvgIpc) is 2.95. The van der Waals surface area contributed by atoms with Crippen LogP contribution < -0.4 is 5.32 Å². The summed E-state index contributed by atoms with van der Waals surface area (Å²) in [6.07, 6.45) is 10.9. The number of likely N-dealkylation sites (tertiary alicyclic amines) is 1. The summed E-state index contributed by atoms with van der Waals surface area (Å²) in [5.41, 5.74) is 1.46. The van der Waals surface area contributed by atoms with E-state index in [1.165, 1.54) is 57.3 Å². The van der Waals surface area contributed by atoms with Crippen molar-refractivity contribution in [3.8, 4) is 0 Å². The highest BCUT2D eigenvalue weighted by Gasteiger charge is 2.24. The van der Waals surface area contributed by atoms with Crippen LogP contribution in [-0.2, 0) is 6.42 Å². The Labute approximate surface area is 122 Å². The quantitative estimate of drug-likeness (QED) is 0.828. The van der Waals surface area contributed by atoms with Crippen molar-refractivity contribution in [2.24, 2.45) is 0 Å². The maximum absolute atomic E-state index is 3.85. The first kappa shape index (κ1) is 13.8. The Kier molecular flexibility index (Phi) is 4.88. The van der Waals surface area contributed by atoms with Gasteiger partial charge in [0.2, 0.25) is 0 Å². The van der Waals surface area contributed by atoms with Gasteiger partial charge in [0.15, 0.2) is 0 Å². The fourth-order valence-corrected chi connectivity index (χ4v) is 3.38. The first-order chi connectivity index (χ1) is 9.90. The summed E-state index contributed by atoms with van der Waals surface area (Å²) < 4.78 is 0. The van der Waals surface area contributed by atoms with E-state index in [1.54, 1.807) is 0 Å². The van der Waals surface area contributed by atoms with Crippen molar-refractivity contribution in [2.75, 3.05) is 19.6 Å². The van der Waals surface area contributed by atoms with Gasteiger partial charge in [-0.2, -0.15) is 0 Å². The Hall–Kier alpha value is -1.12. The minimum absolute atomic E-state index is 0.710. The fourth-order valence-electron chi connectivity index (χ4n) is 3.38. The molecule has 0 spiro atoms. The number of nitrogens with one attached hydrogen (secondary N) is 1. The van der Waals surface area contributed by atoms with Crippen LogP contribution >= 0.6 is 0 Å². The first-order valence-corrected chi connectivity index (χ1v) is 8.07. The molecule has 1 aromatic rings. The predicted octanol–water partition coefficient (Wildman–Crippen LogP) is 3.00. The molecule has 0 bridgehead atoms. The molecule has 1 fully saturated rings. The molecular formula is C18H26N2. The van der Waals surface area contributed by atoms with Gasteiger partial charge in [0, 0.05) is 25.2 Å². The molecule has 1 aliphatic carbocycles. The van der Waals surface area contributed by atoms with Crippen molar-refractivity contribution in [1.82, 2.24) is 10.2 Å². The van der Waals surface area contributed by atoms with E-state index in [9.17, 15) is 0 Å². The molecule has 0 radical (unpaired) electrons. The van der Waals surface area contributed by atoms with Crippen LogP contribution in [0, 0.1) is 0 Å². The molecule has 108 valence electrons. The minimum Gasteiger partial charge on any atom is -0.310 e. The summed E-state index contributed by atoms with van der Waals surface area (Å²) in [7, 11) is 0. The summed E-state index contributed by atoms with van der Waals surface area (Å²) in [4.78, 5) is 2.61. The molecule has 2 heteroatoms. The molecule has 3 rings (SSSR count). The molecular weight excluding hydrogens is 244 g/mol. The predicted molar refractivity (Wildman–Crippen MR) is 84.9 cm³/mol. The lowest BCUT2D eigenvalue weighted by Crippen LogP contribution is -2.40. The van der Waals surface area contributed by atoms with Crippen LogP contribution in [0.15, 0.2) is 42.5 Å². The Balaban J connectivity index is 1.39. The monoisotopic (exact) mass is 270 g/mol. The van der Waals surface area contributed by atoms with Crippen LogP contribution in [0.25, 0.3) is 0 Å². The number of benzene rings is 1. The van der Waals surface area contributed by atoms with Gasteiger partial charge in [0.05, 0.1) is 0 Å². The van der Waals surface area contributed by atoms with Gasteiger partial charge in [-0.05, 0) is 44.2 Å². The molecule has 2 aliphatic rings. The van der Waals surface area contributed by atoms with E-state index in [0.29, 0.717) is 6.04 Å². The fraction of sp³-hybridized carbons (Fsp3) is 0.556. The van der Waals surface area contributed by atoms with Gasteiger partial charge < -0.3 is 10.2 Å². The lowest BCUT2D eigenvalue weighted by molar-refractivity contribution is 0.322. The van der Waals surface area contributed by atoms with Gasteiger partial charge in [-0.1, -0.05) is 42.5 Å². The molecule has 1 N–H and O–H groups in total. The molecule has 2 unspecified atom stereocenters. The van der Waals surface area contributed by atoms with Gasteiger partial charge in [0.25, 0.3) is 0 Å². The van der Waals surface area contributed by atoms with E-state index in [0.717, 1.165) is 6.04 Å². The van der Waals surface area contributed by atoms with Crippen LogP contribution in [0.5, 0.6) is 0 Å². The van der Waals surface area contributed by atoms with E-state index < -0.39 is 0 Å². The van der Waals surface area contributed by atoms with Gasteiger partial charge in [-0.15, -0.1) is 0 Å². The molecule has 1 heterocycles. The van der Waals surface area contributed by atoms with Crippen LogP contribution in [0.4, 0.5) is 0 Å². The summed E-state index contributed by atoms with van der Waals surface area (Å²) in [6, 6.07) is 12.3. The summed E-state index contributed by atoms with van der Waals surface area (Å²) in [5.74, 6) is 0. The topological polar surface area (TPSA) is 15.3 Å². The van der Waals surface area contributed by atoms with E-state index in [2.05, 4.69) is 52.7 Å². The van der Waals surface area contributed by atoms with Crippen molar-refractivity contribution in [1.29, 1.82) is 0 Å². The normalized spacial score (nSPS) is 27.0. The minimum atomic E-state index is 0.710. The van der Waals surface area contributed by atoms with Crippen LogP contribution in [0.2, 0.25) is 0 Å². The van der Waals surface area contributed by atoms with Crippen molar-refractivity contribution in [3.63, 3.8) is 0 Å². The largest absolute Gasteiger partial charge is 0.310 e. The number of hydrogen-bond donors (Lipinski definition) is 1. The molecule has 20 heavy (non-hydrogen) atoms. The highest BCUT2D eigenvalue weighted by Crippen LogP contribution is 2.16. The summed E-state index contributed by atoms with van der Waals surface area (Å²) >= 11 is 0. The zero-order chi connectivity index (χ0) is 13.6. The summed E-state index contributed by atoms with van der Waals surface area (Å²) in [6.45, 7) is 3.69. The Morgan fingerprint density at radius 3 is 2.75 bits per heavy atom. The van der Waals surface area contributed by atoms with Gasteiger partial charge in [-0.3, -0.25) is 0 Å². The third-order valence-corrected chi connectivity index (χ3v) is 4.57. The Morgan fingerprint density at radius 1 is 1.05 bits per heavy atom. The molecule has 1 aliphatic heterocycles. The van der Waals surface area contributed by atoms with Gasteiger partial charge in [0.1, 0.15) is 0 Å². The standard InChI is InChI=1S/C18H26N2/c1-3-7-16(8-4-1)11-13-20-14-12-18(15-20)19-17-9-5-2-6-10-17/h1-5,7-8,17-19H,6,9-15H2. The molecule has 0 aromatic heterocycles. The zero-order valence-electron chi connectivity index (χ0n) is 12.3. The maximum atomic E-state index is 3.85.